The molecule has 0 unspecified atom stereocenters. The van der Waals surface area contributed by atoms with Gasteiger partial charge in [-0.05, 0) is 26.8 Å². The number of nitrogens with zero attached hydrogens (tertiary/aromatic N) is 4. The Balaban J connectivity index is 1.84. The van der Waals surface area contributed by atoms with E-state index in [0.29, 0.717) is 5.58 Å². The van der Waals surface area contributed by atoms with Gasteiger partial charge in [-0.15, -0.1) is 0 Å². The van der Waals surface area contributed by atoms with Gasteiger partial charge in [0.2, 0.25) is 0 Å². The lowest BCUT2D eigenvalue weighted by Crippen LogP contribution is -2.58. The van der Waals surface area contributed by atoms with Crippen molar-refractivity contribution in [3.8, 4) is 0 Å². The average Bonchev–Trinajstić information content (AvgIpc) is 3.02. The molecule has 0 aliphatic carbocycles. The number of rotatable bonds is 3. The van der Waals surface area contributed by atoms with Crippen molar-refractivity contribution in [3.63, 3.8) is 0 Å². The molecule has 11 heteroatoms. The highest BCUT2D eigenvalue weighted by molar-refractivity contribution is 5.82. The molecule has 1 amide bonds. The fourth-order valence-corrected chi connectivity index (χ4v) is 2.86. The van der Waals surface area contributed by atoms with Crippen LogP contribution in [0.25, 0.3) is 11.1 Å². The number of aromatic nitrogens is 1. The normalized spacial score (nSPS) is 17.6. The largest absolute Gasteiger partial charge is 0.480 e. The molecule has 3 rings (SSSR count). The van der Waals surface area contributed by atoms with Crippen LogP contribution in [0.5, 0.6) is 0 Å². The molecular weight excluding hydrogens is 372 g/mol. The lowest BCUT2D eigenvalue weighted by atomic mass is 10.2. The molecule has 0 radical (unpaired) electrons. The van der Waals surface area contributed by atoms with E-state index in [-0.39, 0.29) is 36.9 Å². The molecule has 1 aromatic heterocycles. The van der Waals surface area contributed by atoms with Gasteiger partial charge in [-0.25, -0.2) is 9.59 Å². The summed E-state index contributed by atoms with van der Waals surface area (Å²) in [6, 6.07) is 2.90. The van der Waals surface area contributed by atoms with E-state index in [9.17, 15) is 24.8 Å². The van der Waals surface area contributed by atoms with Crippen LogP contribution in [-0.4, -0.2) is 63.3 Å². The van der Waals surface area contributed by atoms with Gasteiger partial charge in [0.25, 0.3) is 11.7 Å². The number of anilines is 1. The zero-order valence-corrected chi connectivity index (χ0v) is 15.6. The number of nitro benzene ring substituents is 1. The minimum absolute atomic E-state index is 0.0340. The third-order valence-electron chi connectivity index (χ3n) is 4.13. The summed E-state index contributed by atoms with van der Waals surface area (Å²) in [6.07, 6.45) is -0.591. The SMILES string of the molecule is CC(C)(C)OC(=O)N1CCN(c2nc3cc([N+](=O)[O-])ccc3o2)[C@H](C(=O)O)C1. The second-order valence-corrected chi connectivity index (χ2v) is 7.38. The number of aliphatic carboxylic acids is 1. The van der Waals surface area contributed by atoms with E-state index in [4.69, 9.17) is 9.15 Å². The Bertz CT molecular complexity index is 933. The Labute approximate surface area is 159 Å². The van der Waals surface area contributed by atoms with Gasteiger partial charge >= 0.3 is 12.1 Å². The average molecular weight is 392 g/mol. The fraction of sp³-hybridized carbons (Fsp3) is 0.471. The minimum Gasteiger partial charge on any atom is -0.480 e. The Kier molecular flexibility index (Phi) is 4.84. The molecule has 1 N–H and O–H groups in total. The topological polar surface area (TPSA) is 139 Å². The van der Waals surface area contributed by atoms with Crippen molar-refractivity contribution >= 4 is 34.9 Å². The van der Waals surface area contributed by atoms with Gasteiger partial charge in [-0.1, -0.05) is 0 Å². The maximum Gasteiger partial charge on any atom is 0.410 e. The van der Waals surface area contributed by atoms with Crippen LogP contribution >= 0.6 is 0 Å². The summed E-state index contributed by atoms with van der Waals surface area (Å²) in [5, 5.41) is 20.5. The zero-order valence-electron chi connectivity index (χ0n) is 15.6. The van der Waals surface area contributed by atoms with E-state index in [1.165, 1.54) is 28.0 Å². The van der Waals surface area contributed by atoms with Crippen LogP contribution in [0.3, 0.4) is 0 Å². The molecule has 0 bridgehead atoms. The van der Waals surface area contributed by atoms with Crippen LogP contribution < -0.4 is 4.90 Å². The zero-order chi connectivity index (χ0) is 20.6. The van der Waals surface area contributed by atoms with E-state index in [0.717, 1.165) is 0 Å². The number of oxazole rings is 1. The third kappa shape index (κ3) is 3.97. The van der Waals surface area contributed by atoms with E-state index >= 15 is 0 Å². The molecule has 0 saturated carbocycles. The van der Waals surface area contributed by atoms with Gasteiger partial charge in [0.1, 0.15) is 17.2 Å². The molecule has 1 fully saturated rings. The lowest BCUT2D eigenvalue weighted by Gasteiger charge is -2.38. The predicted molar refractivity (Wildman–Crippen MR) is 97.2 cm³/mol. The molecule has 11 nitrogen and oxygen atoms in total. The second-order valence-electron chi connectivity index (χ2n) is 7.38. The van der Waals surface area contributed by atoms with Crippen LogP contribution in [-0.2, 0) is 9.53 Å². The number of carbonyl (C=O) groups is 2. The number of fused-ring (bicyclic) bond motifs is 1. The van der Waals surface area contributed by atoms with Gasteiger partial charge in [-0.2, -0.15) is 4.98 Å². The van der Waals surface area contributed by atoms with Crippen molar-refractivity contribution in [1.82, 2.24) is 9.88 Å². The Morgan fingerprint density at radius 3 is 2.68 bits per heavy atom. The van der Waals surface area contributed by atoms with E-state index < -0.39 is 28.6 Å². The third-order valence-corrected chi connectivity index (χ3v) is 4.13. The maximum absolute atomic E-state index is 12.3. The summed E-state index contributed by atoms with van der Waals surface area (Å²) in [5.41, 5.74) is -0.277. The first-order valence-corrected chi connectivity index (χ1v) is 8.57. The number of ether oxygens (including phenoxy) is 1. The molecule has 1 aliphatic rings. The Hall–Kier alpha value is -3.37. The van der Waals surface area contributed by atoms with Gasteiger partial charge in [0.05, 0.1) is 11.5 Å². The van der Waals surface area contributed by atoms with Crippen LogP contribution in [0.1, 0.15) is 20.8 Å². The van der Waals surface area contributed by atoms with Crippen LogP contribution in [0.15, 0.2) is 22.6 Å². The maximum atomic E-state index is 12.3. The molecule has 28 heavy (non-hydrogen) atoms. The van der Waals surface area contributed by atoms with E-state index in [1.54, 1.807) is 20.8 Å². The van der Waals surface area contributed by atoms with Gasteiger partial charge in [-0.3, -0.25) is 10.1 Å². The standard InChI is InChI=1S/C17H20N4O7/c1-17(2,3)28-16(24)19-6-7-20(12(9-19)14(22)23)15-18-11-8-10(21(25)26)4-5-13(11)27-15/h4-5,8,12H,6-7,9H2,1-3H3,(H,22,23)/t12-/m0/s1. The highest BCUT2D eigenvalue weighted by Gasteiger charge is 2.38. The highest BCUT2D eigenvalue weighted by Crippen LogP contribution is 2.28. The molecular formula is C17H20N4O7. The Morgan fingerprint density at radius 1 is 1.36 bits per heavy atom. The first-order valence-electron chi connectivity index (χ1n) is 8.57. The number of carbonyl (C=O) groups excluding carboxylic acids is 1. The van der Waals surface area contributed by atoms with Gasteiger partial charge < -0.3 is 24.1 Å². The number of non-ortho nitro benzene ring substituents is 1. The summed E-state index contributed by atoms with van der Waals surface area (Å²) in [6.45, 7) is 5.46. The summed E-state index contributed by atoms with van der Waals surface area (Å²) in [5.74, 6) is -1.15. The van der Waals surface area contributed by atoms with E-state index in [2.05, 4.69) is 4.98 Å². The van der Waals surface area contributed by atoms with Crippen LogP contribution in [0.4, 0.5) is 16.5 Å². The molecule has 150 valence electrons. The molecule has 2 aromatic rings. The molecule has 0 spiro atoms. The quantitative estimate of drug-likeness (QED) is 0.615. The van der Waals surface area contributed by atoms with Crippen LogP contribution in [0.2, 0.25) is 0 Å². The van der Waals surface area contributed by atoms with Crippen molar-refractivity contribution in [1.29, 1.82) is 0 Å². The predicted octanol–water partition coefficient (Wildman–Crippen LogP) is 2.25. The number of carboxylic acids is 1. The number of benzene rings is 1. The summed E-state index contributed by atoms with van der Waals surface area (Å²) < 4.78 is 10.9. The smallest absolute Gasteiger partial charge is 0.410 e. The minimum atomic E-state index is -1.15. The monoisotopic (exact) mass is 392 g/mol. The Morgan fingerprint density at radius 2 is 2.07 bits per heavy atom. The summed E-state index contributed by atoms with van der Waals surface area (Å²) in [7, 11) is 0. The number of hydrogen-bond acceptors (Lipinski definition) is 8. The fourth-order valence-electron chi connectivity index (χ4n) is 2.86. The molecule has 1 aliphatic heterocycles. The number of carboxylic acid groups (broad SMARTS) is 1. The molecule has 1 aromatic carbocycles. The molecule has 1 atom stereocenters. The highest BCUT2D eigenvalue weighted by atomic mass is 16.6. The van der Waals surface area contributed by atoms with Crippen molar-refractivity contribution < 1.29 is 28.8 Å². The van der Waals surface area contributed by atoms with Crippen molar-refractivity contribution in [3.05, 3.63) is 28.3 Å². The number of amides is 1. The lowest BCUT2D eigenvalue weighted by molar-refractivity contribution is -0.384. The second kappa shape index (κ2) is 6.98. The first kappa shape index (κ1) is 19.4. The van der Waals surface area contributed by atoms with Crippen molar-refractivity contribution in [2.75, 3.05) is 24.5 Å². The van der Waals surface area contributed by atoms with Gasteiger partial charge in [0.15, 0.2) is 5.58 Å². The summed E-state index contributed by atoms with van der Waals surface area (Å²) >= 11 is 0. The van der Waals surface area contributed by atoms with Crippen molar-refractivity contribution in [2.24, 2.45) is 0 Å². The number of nitro groups is 1. The van der Waals surface area contributed by atoms with Gasteiger partial charge in [0, 0.05) is 25.2 Å². The molecule has 1 saturated heterocycles. The first-order chi connectivity index (χ1) is 13.0. The number of hydrogen-bond donors (Lipinski definition) is 1. The molecule has 2 heterocycles. The number of piperazine rings is 1. The van der Waals surface area contributed by atoms with Crippen LogP contribution in [0, 0.1) is 10.1 Å². The van der Waals surface area contributed by atoms with E-state index in [1.807, 2.05) is 0 Å². The summed E-state index contributed by atoms with van der Waals surface area (Å²) in [4.78, 5) is 41.3. The van der Waals surface area contributed by atoms with Crippen molar-refractivity contribution in [2.45, 2.75) is 32.4 Å².